The van der Waals surface area contributed by atoms with Gasteiger partial charge in [0.1, 0.15) is 32.4 Å². The lowest BCUT2D eigenvalue weighted by atomic mass is 9.81. The molecule has 0 aromatic heterocycles. The first-order chi connectivity index (χ1) is 30.1. The second-order valence-corrected chi connectivity index (χ2v) is 20.0. The van der Waals surface area contributed by atoms with E-state index in [1.54, 1.807) is 14.2 Å². The van der Waals surface area contributed by atoms with Crippen molar-refractivity contribution >= 4 is 30.5 Å². The zero-order valence-electron chi connectivity index (χ0n) is 41.7. The number of methoxy groups -OCH3 is 2. The SMILES string of the molecule is CC1CCC(CCC=O)CC1.CCC.COCC(C)(CO)COC(=O)CCC1CCC(C)CC1.COCC(C)(COC(=O)CCNCCC=O)COC(=O)CCC1CCC(C)CC1. The summed E-state index contributed by atoms with van der Waals surface area (Å²) in [5, 5.41) is 12.3. The molecule has 0 bridgehead atoms. The molecule has 2 N–H and O–H groups in total. The van der Waals surface area contributed by atoms with E-state index < -0.39 is 10.8 Å². The Morgan fingerprint density at radius 1 is 0.540 bits per heavy atom. The first-order valence-corrected chi connectivity index (χ1v) is 24.7. The number of esters is 3. The smallest absolute Gasteiger partial charge is 0.307 e. The van der Waals surface area contributed by atoms with Gasteiger partial charge in [0.2, 0.25) is 0 Å². The number of ether oxygens (including phenoxy) is 5. The number of aldehydes is 2. The molecular formula is C51H95NO11. The second-order valence-electron chi connectivity index (χ2n) is 20.0. The van der Waals surface area contributed by atoms with Crippen molar-refractivity contribution in [1.82, 2.24) is 5.32 Å². The molecule has 3 aliphatic rings. The summed E-state index contributed by atoms with van der Waals surface area (Å²) in [7, 11) is 3.16. The van der Waals surface area contributed by atoms with Crippen LogP contribution in [0, 0.1) is 46.3 Å². The number of nitrogens with one attached hydrogen (secondary N) is 1. The third-order valence-electron chi connectivity index (χ3n) is 12.7. The molecule has 63 heavy (non-hydrogen) atoms. The van der Waals surface area contributed by atoms with E-state index in [4.69, 9.17) is 23.7 Å². The van der Waals surface area contributed by atoms with Crippen LogP contribution in [0.15, 0.2) is 0 Å². The summed E-state index contributed by atoms with van der Waals surface area (Å²) < 4.78 is 26.4. The maximum absolute atomic E-state index is 12.2. The molecule has 0 saturated heterocycles. The largest absolute Gasteiger partial charge is 0.465 e. The standard InChI is InChI=1S/C22H39NO6.C16H30O4.C10H18O.C3H8/c1-18-5-7-19(8-6-18)9-10-20(25)28-16-22(2,15-27-3)17-29-21(26)11-13-23-12-4-14-24;1-13-4-6-14(7-5-13)8-9-15(18)20-12-16(2,10-17)11-19-3;1-9-4-6-10(7-5-9)3-2-8-11;1-3-2/h14,18-19,23H,4-13,15-17H2,1-3H3;13-14,17H,4-12H2,1-3H3;8-10H,2-7H2,1H3;3H2,1-2H3. The van der Waals surface area contributed by atoms with Crippen molar-refractivity contribution in [2.45, 2.75) is 183 Å². The van der Waals surface area contributed by atoms with Crippen LogP contribution in [0.5, 0.6) is 0 Å². The number of carbonyl (C=O) groups is 5. The van der Waals surface area contributed by atoms with E-state index >= 15 is 0 Å². The van der Waals surface area contributed by atoms with Crippen LogP contribution < -0.4 is 5.32 Å². The quantitative estimate of drug-likeness (QED) is 0.0366. The summed E-state index contributed by atoms with van der Waals surface area (Å²) in [4.78, 5) is 56.2. The maximum atomic E-state index is 12.2. The summed E-state index contributed by atoms with van der Waals surface area (Å²) in [6.45, 7) is 17.1. The minimum absolute atomic E-state index is 0.0470. The molecule has 0 spiro atoms. The van der Waals surface area contributed by atoms with Gasteiger partial charge in [-0.05, 0) is 54.8 Å². The summed E-state index contributed by atoms with van der Waals surface area (Å²) in [5.41, 5.74) is -1.07. The molecule has 0 heterocycles. The Hall–Kier alpha value is -2.41. The van der Waals surface area contributed by atoms with Crippen LogP contribution in [0.4, 0.5) is 0 Å². The van der Waals surface area contributed by atoms with Gasteiger partial charge in [0.05, 0.1) is 31.7 Å². The van der Waals surface area contributed by atoms with Crippen LogP contribution in [-0.4, -0.2) is 103 Å². The highest BCUT2D eigenvalue weighted by Crippen LogP contribution is 2.33. The van der Waals surface area contributed by atoms with Gasteiger partial charge < -0.3 is 43.7 Å². The van der Waals surface area contributed by atoms with Crippen LogP contribution >= 0.6 is 0 Å². The van der Waals surface area contributed by atoms with Crippen LogP contribution in [-0.2, 0) is 47.7 Å². The Balaban J connectivity index is 0.000000969. The first kappa shape index (κ1) is 60.6. The highest BCUT2D eigenvalue weighted by atomic mass is 16.6. The van der Waals surface area contributed by atoms with Gasteiger partial charge >= 0.3 is 17.9 Å². The molecular weight excluding hydrogens is 803 g/mol. The average Bonchev–Trinajstić information content (AvgIpc) is 3.27. The molecule has 0 radical (unpaired) electrons. The van der Waals surface area contributed by atoms with E-state index in [1.807, 2.05) is 13.8 Å². The predicted molar refractivity (Wildman–Crippen MR) is 251 cm³/mol. The molecule has 0 aliphatic heterocycles. The Kier molecular flexibility index (Phi) is 36.3. The fraction of sp³-hybridized carbons (Fsp3) is 0.902. The zero-order valence-corrected chi connectivity index (χ0v) is 41.7. The number of hydrogen-bond donors (Lipinski definition) is 2. The van der Waals surface area contributed by atoms with Gasteiger partial charge in [-0.2, -0.15) is 0 Å². The van der Waals surface area contributed by atoms with Crippen molar-refractivity contribution in [2.75, 3.05) is 67.0 Å². The maximum Gasteiger partial charge on any atom is 0.307 e. The molecule has 2 atom stereocenters. The first-order valence-electron chi connectivity index (χ1n) is 24.7. The van der Waals surface area contributed by atoms with Crippen molar-refractivity contribution in [3.05, 3.63) is 0 Å². The molecule has 3 saturated carbocycles. The second kappa shape index (κ2) is 37.8. The Morgan fingerprint density at radius 3 is 1.25 bits per heavy atom. The van der Waals surface area contributed by atoms with Crippen LogP contribution in [0.25, 0.3) is 0 Å². The fourth-order valence-corrected chi connectivity index (χ4v) is 8.21. The van der Waals surface area contributed by atoms with E-state index in [1.165, 1.54) is 83.5 Å². The third kappa shape index (κ3) is 32.8. The Morgan fingerprint density at radius 2 is 0.889 bits per heavy atom. The van der Waals surface area contributed by atoms with Crippen LogP contribution in [0.2, 0.25) is 0 Å². The zero-order chi connectivity index (χ0) is 47.4. The number of aliphatic hydroxyl groups excluding tert-OH is 1. The van der Waals surface area contributed by atoms with Gasteiger partial charge in [-0.3, -0.25) is 14.4 Å². The Bertz CT molecular complexity index is 1160. The average molecular weight is 898 g/mol. The minimum atomic E-state index is -0.578. The lowest BCUT2D eigenvalue weighted by molar-refractivity contribution is -0.156. The van der Waals surface area contributed by atoms with Gasteiger partial charge in [0.25, 0.3) is 0 Å². The molecule has 3 rings (SSSR count). The third-order valence-corrected chi connectivity index (χ3v) is 12.7. The van der Waals surface area contributed by atoms with Crippen molar-refractivity contribution in [3.63, 3.8) is 0 Å². The van der Waals surface area contributed by atoms with Gasteiger partial charge in [-0.1, -0.05) is 132 Å². The van der Waals surface area contributed by atoms with E-state index in [9.17, 15) is 29.1 Å². The fourth-order valence-electron chi connectivity index (χ4n) is 8.21. The monoisotopic (exact) mass is 898 g/mol. The van der Waals surface area contributed by atoms with Crippen molar-refractivity contribution in [1.29, 1.82) is 0 Å². The van der Waals surface area contributed by atoms with Gasteiger partial charge in [-0.25, -0.2) is 0 Å². The van der Waals surface area contributed by atoms with E-state index in [2.05, 4.69) is 39.9 Å². The highest BCUT2D eigenvalue weighted by Gasteiger charge is 2.30. The molecule has 3 fully saturated rings. The minimum Gasteiger partial charge on any atom is -0.465 e. The molecule has 2 unspecified atom stereocenters. The summed E-state index contributed by atoms with van der Waals surface area (Å²) >= 11 is 0. The molecule has 12 heteroatoms. The number of carbonyl (C=O) groups excluding carboxylic acids is 5. The van der Waals surface area contributed by atoms with Crippen molar-refractivity contribution in [2.24, 2.45) is 46.3 Å². The van der Waals surface area contributed by atoms with E-state index in [-0.39, 0.29) is 50.8 Å². The predicted octanol–water partition coefficient (Wildman–Crippen LogP) is 9.89. The van der Waals surface area contributed by atoms with Crippen molar-refractivity contribution < 1.29 is 52.8 Å². The molecule has 370 valence electrons. The van der Waals surface area contributed by atoms with Crippen molar-refractivity contribution in [3.8, 4) is 0 Å². The number of aliphatic hydroxyl groups is 1. The van der Waals surface area contributed by atoms with E-state index in [0.29, 0.717) is 57.4 Å². The number of hydrogen-bond acceptors (Lipinski definition) is 12. The van der Waals surface area contributed by atoms with Crippen LogP contribution in [0.3, 0.4) is 0 Å². The molecule has 3 aliphatic carbocycles. The van der Waals surface area contributed by atoms with Gasteiger partial charge in [0.15, 0.2) is 0 Å². The topological polar surface area (TPSA) is 164 Å². The number of rotatable bonds is 26. The Labute approximate surface area is 384 Å². The summed E-state index contributed by atoms with van der Waals surface area (Å²) in [5.74, 6) is 4.08. The van der Waals surface area contributed by atoms with Crippen LogP contribution in [0.1, 0.15) is 183 Å². The van der Waals surface area contributed by atoms with Gasteiger partial charge in [-0.15, -0.1) is 0 Å². The van der Waals surface area contributed by atoms with E-state index in [0.717, 1.165) is 61.9 Å². The summed E-state index contributed by atoms with van der Waals surface area (Å²) in [6.07, 6.45) is 23.9. The molecule has 0 aromatic rings. The molecule has 12 nitrogen and oxygen atoms in total. The highest BCUT2D eigenvalue weighted by molar-refractivity contribution is 5.70. The molecule has 0 aromatic carbocycles. The molecule has 0 amide bonds. The van der Waals surface area contributed by atoms with Gasteiger partial charge in [0, 0.05) is 58.4 Å². The lowest BCUT2D eigenvalue weighted by Gasteiger charge is -2.28. The normalized spacial score (nSPS) is 23.8. The lowest BCUT2D eigenvalue weighted by Crippen LogP contribution is -2.36. The summed E-state index contributed by atoms with van der Waals surface area (Å²) in [6, 6.07) is 0.